The van der Waals surface area contributed by atoms with Gasteiger partial charge in [-0.3, -0.25) is 10.1 Å². The molecule has 0 bridgehead atoms. The molecule has 0 atom stereocenters. The molecule has 11 heteroatoms. The first-order valence-electron chi connectivity index (χ1n) is 8.04. The van der Waals surface area contributed by atoms with Crippen molar-refractivity contribution < 1.29 is 27.6 Å². The fraction of sp³-hybridized carbons (Fsp3) is 0.111. The van der Waals surface area contributed by atoms with E-state index in [4.69, 9.17) is 9.47 Å². The van der Waals surface area contributed by atoms with E-state index < -0.39 is 39.7 Å². The molecule has 1 N–H and O–H groups in total. The molecule has 0 fully saturated rings. The van der Waals surface area contributed by atoms with Gasteiger partial charge >= 0.3 is 17.7 Å². The van der Waals surface area contributed by atoms with E-state index in [2.05, 4.69) is 15.3 Å². The maximum Gasteiger partial charge on any atom is 0.418 e. The highest BCUT2D eigenvalue weighted by atomic mass is 19.4. The second-order valence-corrected chi connectivity index (χ2v) is 5.55. The Morgan fingerprint density at radius 3 is 2.34 bits per heavy atom. The topological polar surface area (TPSA) is 99.4 Å². The van der Waals surface area contributed by atoms with Gasteiger partial charge in [0.05, 0.1) is 23.3 Å². The third-order valence-corrected chi connectivity index (χ3v) is 3.73. The van der Waals surface area contributed by atoms with E-state index in [9.17, 15) is 23.3 Å². The van der Waals surface area contributed by atoms with E-state index in [0.29, 0.717) is 0 Å². The first kappa shape index (κ1) is 19.9. The van der Waals surface area contributed by atoms with Gasteiger partial charge in [0.1, 0.15) is 6.33 Å². The fourth-order valence-corrected chi connectivity index (χ4v) is 2.47. The number of hydrogen-bond donors (Lipinski definition) is 1. The van der Waals surface area contributed by atoms with Gasteiger partial charge in [-0.2, -0.15) is 18.2 Å². The van der Waals surface area contributed by atoms with Crippen LogP contribution in [0.4, 0.5) is 30.4 Å². The van der Waals surface area contributed by atoms with Crippen LogP contribution in [0.25, 0.3) is 0 Å². The Morgan fingerprint density at radius 2 is 1.69 bits per heavy atom. The SMILES string of the molecule is COc1ccccc1Oc1ncnc(Nc2ccccc2C(F)(F)F)c1[N+](=O)[O-]. The van der Waals surface area contributed by atoms with Gasteiger partial charge in [0.25, 0.3) is 0 Å². The van der Waals surface area contributed by atoms with E-state index >= 15 is 0 Å². The predicted molar refractivity (Wildman–Crippen MR) is 96.5 cm³/mol. The highest BCUT2D eigenvalue weighted by molar-refractivity contribution is 5.71. The van der Waals surface area contributed by atoms with E-state index in [-0.39, 0.29) is 11.5 Å². The highest BCUT2D eigenvalue weighted by Gasteiger charge is 2.34. The Balaban J connectivity index is 2.04. The molecule has 0 aliphatic carbocycles. The Hall–Kier alpha value is -3.89. The van der Waals surface area contributed by atoms with Crippen LogP contribution in [0.15, 0.2) is 54.9 Å². The third-order valence-electron chi connectivity index (χ3n) is 3.73. The molecular weight excluding hydrogens is 393 g/mol. The number of hydrogen-bond acceptors (Lipinski definition) is 7. The summed E-state index contributed by atoms with van der Waals surface area (Å²) in [6.45, 7) is 0. The zero-order chi connectivity index (χ0) is 21.0. The second kappa shape index (κ2) is 8.00. The Labute approximate surface area is 162 Å². The molecule has 0 aliphatic rings. The van der Waals surface area contributed by atoms with Crippen molar-refractivity contribution in [2.75, 3.05) is 12.4 Å². The van der Waals surface area contributed by atoms with Gasteiger partial charge in [-0.1, -0.05) is 24.3 Å². The lowest BCUT2D eigenvalue weighted by Gasteiger charge is -2.14. The highest BCUT2D eigenvalue weighted by Crippen LogP contribution is 2.40. The third kappa shape index (κ3) is 4.34. The number of nitrogens with zero attached hydrogens (tertiary/aromatic N) is 3. The summed E-state index contributed by atoms with van der Waals surface area (Å²) in [5, 5.41) is 14.0. The van der Waals surface area contributed by atoms with Crippen molar-refractivity contribution >= 4 is 17.2 Å². The molecule has 29 heavy (non-hydrogen) atoms. The average molecular weight is 406 g/mol. The summed E-state index contributed by atoms with van der Waals surface area (Å²) in [6, 6.07) is 10.9. The molecule has 1 heterocycles. The van der Waals surface area contributed by atoms with E-state index in [1.165, 1.54) is 25.3 Å². The van der Waals surface area contributed by atoms with Gasteiger partial charge in [-0.15, -0.1) is 0 Å². The van der Waals surface area contributed by atoms with E-state index in [1.54, 1.807) is 18.2 Å². The van der Waals surface area contributed by atoms with Crippen LogP contribution in [0.5, 0.6) is 17.4 Å². The lowest BCUT2D eigenvalue weighted by atomic mass is 10.1. The molecule has 1 aromatic heterocycles. The van der Waals surface area contributed by atoms with Crippen LogP contribution in [0.3, 0.4) is 0 Å². The molecule has 3 rings (SSSR count). The van der Waals surface area contributed by atoms with Crippen molar-refractivity contribution in [1.82, 2.24) is 9.97 Å². The smallest absolute Gasteiger partial charge is 0.418 e. The van der Waals surface area contributed by atoms with Crippen LogP contribution in [-0.4, -0.2) is 22.0 Å². The van der Waals surface area contributed by atoms with Crippen LogP contribution >= 0.6 is 0 Å². The van der Waals surface area contributed by atoms with Crippen molar-refractivity contribution in [3.05, 3.63) is 70.5 Å². The molecule has 2 aromatic carbocycles. The van der Waals surface area contributed by atoms with Gasteiger partial charge in [0.2, 0.25) is 5.82 Å². The van der Waals surface area contributed by atoms with Crippen molar-refractivity contribution in [2.45, 2.75) is 6.18 Å². The minimum absolute atomic E-state index is 0.137. The Kier molecular flexibility index (Phi) is 5.48. The molecule has 0 saturated heterocycles. The summed E-state index contributed by atoms with van der Waals surface area (Å²) >= 11 is 0. The lowest BCUT2D eigenvalue weighted by molar-refractivity contribution is -0.385. The fourth-order valence-electron chi connectivity index (χ4n) is 2.47. The van der Waals surface area contributed by atoms with Crippen LogP contribution in [0.2, 0.25) is 0 Å². The number of rotatable bonds is 6. The monoisotopic (exact) mass is 406 g/mol. The first-order chi connectivity index (χ1) is 13.8. The second-order valence-electron chi connectivity index (χ2n) is 5.55. The lowest BCUT2D eigenvalue weighted by Crippen LogP contribution is -2.10. The normalized spacial score (nSPS) is 11.0. The number of nitro groups is 1. The van der Waals surface area contributed by atoms with E-state index in [0.717, 1.165) is 18.5 Å². The van der Waals surface area contributed by atoms with Crippen LogP contribution < -0.4 is 14.8 Å². The molecule has 3 aromatic rings. The summed E-state index contributed by atoms with van der Waals surface area (Å²) in [6.07, 6.45) is -3.72. The standard InChI is InChI=1S/C18H13F3N4O4/c1-28-13-8-4-5-9-14(13)29-17-15(25(26)27)16(22-10-23-17)24-12-7-3-2-6-11(12)18(19,20)21/h2-10H,1H3,(H,22,23,24). The summed E-state index contributed by atoms with van der Waals surface area (Å²) in [5.41, 5.74) is -2.12. The maximum absolute atomic E-state index is 13.2. The quantitative estimate of drug-likeness (QED) is 0.457. The number of ether oxygens (including phenoxy) is 2. The molecule has 150 valence electrons. The van der Waals surface area contributed by atoms with Gasteiger partial charge in [-0.25, -0.2) is 4.98 Å². The Bertz CT molecular complexity index is 1040. The number of aromatic nitrogens is 2. The minimum Gasteiger partial charge on any atom is -0.493 e. The molecule has 8 nitrogen and oxygen atoms in total. The molecule has 0 spiro atoms. The van der Waals surface area contributed by atoms with Crippen molar-refractivity contribution in [3.63, 3.8) is 0 Å². The summed E-state index contributed by atoms with van der Waals surface area (Å²) in [5.74, 6) is -0.483. The van der Waals surface area contributed by atoms with Gasteiger partial charge in [-0.05, 0) is 24.3 Å². The number of halogens is 3. The number of anilines is 2. The molecule has 0 radical (unpaired) electrons. The van der Waals surface area contributed by atoms with Crippen LogP contribution in [0, 0.1) is 10.1 Å². The summed E-state index contributed by atoms with van der Waals surface area (Å²) in [4.78, 5) is 18.2. The molecule has 0 aliphatic heterocycles. The minimum atomic E-state index is -4.66. The average Bonchev–Trinajstić information content (AvgIpc) is 2.68. The summed E-state index contributed by atoms with van der Waals surface area (Å²) < 4.78 is 50.3. The first-order valence-corrected chi connectivity index (χ1v) is 8.04. The van der Waals surface area contributed by atoms with E-state index in [1.807, 2.05) is 0 Å². The largest absolute Gasteiger partial charge is 0.493 e. The molecule has 0 unspecified atom stereocenters. The van der Waals surface area contributed by atoms with Crippen LogP contribution in [0.1, 0.15) is 5.56 Å². The van der Waals surface area contributed by atoms with Gasteiger partial charge in [0, 0.05) is 0 Å². The Morgan fingerprint density at radius 1 is 1.03 bits per heavy atom. The molecule has 0 saturated carbocycles. The molecular formula is C18H13F3N4O4. The van der Waals surface area contributed by atoms with Gasteiger partial charge in [0.15, 0.2) is 11.5 Å². The van der Waals surface area contributed by atoms with Crippen molar-refractivity contribution in [3.8, 4) is 17.4 Å². The zero-order valence-corrected chi connectivity index (χ0v) is 14.8. The van der Waals surface area contributed by atoms with Crippen LogP contribution in [-0.2, 0) is 6.18 Å². The predicted octanol–water partition coefficient (Wildman–Crippen LogP) is 4.95. The van der Waals surface area contributed by atoms with Crippen molar-refractivity contribution in [1.29, 1.82) is 0 Å². The zero-order valence-electron chi connectivity index (χ0n) is 14.8. The number of benzene rings is 2. The van der Waals surface area contributed by atoms with Crippen molar-refractivity contribution in [2.24, 2.45) is 0 Å². The molecule has 0 amide bonds. The maximum atomic E-state index is 13.2. The number of alkyl halides is 3. The number of methoxy groups -OCH3 is 1. The van der Waals surface area contributed by atoms with Gasteiger partial charge < -0.3 is 14.8 Å². The number of para-hydroxylation sites is 3. The summed E-state index contributed by atoms with van der Waals surface area (Å²) in [7, 11) is 1.39. The number of nitrogens with one attached hydrogen (secondary N) is 1.